The molecule has 2 heterocycles. The minimum absolute atomic E-state index is 0.0334. The molecular formula is C31H39N3O5. The predicted molar refractivity (Wildman–Crippen MR) is 149 cm³/mol. The molecular weight excluding hydrogens is 494 g/mol. The summed E-state index contributed by atoms with van der Waals surface area (Å²) in [7, 11) is 3.36. The molecule has 8 heteroatoms. The van der Waals surface area contributed by atoms with E-state index in [0.29, 0.717) is 32.7 Å². The van der Waals surface area contributed by atoms with Gasteiger partial charge in [-0.3, -0.25) is 9.59 Å². The molecule has 3 atom stereocenters. The summed E-state index contributed by atoms with van der Waals surface area (Å²) in [6.45, 7) is 7.02. The number of methoxy groups -OCH3 is 2. The molecule has 0 spiro atoms. The fourth-order valence-corrected chi connectivity index (χ4v) is 6.06. The molecule has 2 aromatic carbocycles. The van der Waals surface area contributed by atoms with E-state index in [1.165, 1.54) is 5.56 Å². The molecule has 8 nitrogen and oxygen atoms in total. The lowest BCUT2D eigenvalue weighted by Crippen LogP contribution is -2.47. The molecule has 0 radical (unpaired) electrons. The summed E-state index contributed by atoms with van der Waals surface area (Å²) in [5, 5.41) is 3.59. The number of carbonyl (C=O) groups excluding carboxylic acids is 2. The SMILES string of the molecule is CCN(C=O)CCN(CCCC1=C[C@H](C)c2c(cc(OC)cc2OC)CN1)C(=O)C12CC1c1ccccc1O2. The Morgan fingerprint density at radius 3 is 2.72 bits per heavy atom. The number of rotatable bonds is 12. The van der Waals surface area contributed by atoms with Crippen molar-refractivity contribution in [1.82, 2.24) is 15.1 Å². The standard InChI is InChI=1S/C31H39N3O5/c1-5-33(20-35)13-14-34(30(36)31-18-26(31)25-10-6-7-11-27(25)39-31)12-8-9-23-15-21(2)29-22(19-32-23)16-24(37-3)17-28(29)38-4/h6-7,10-11,15-17,20-21,26,32H,5,8-9,12-14,18-19H2,1-4H3/t21-,26?,31?/m0/s1. The van der Waals surface area contributed by atoms with E-state index in [4.69, 9.17) is 14.2 Å². The zero-order valence-electron chi connectivity index (χ0n) is 23.4. The van der Waals surface area contributed by atoms with Gasteiger partial charge in [0.15, 0.2) is 5.60 Å². The lowest BCUT2D eigenvalue weighted by Gasteiger charge is -2.29. The Hall–Kier alpha value is -3.68. The molecule has 2 aromatic rings. The Labute approximate surface area is 230 Å². The molecule has 1 N–H and O–H groups in total. The Balaban J connectivity index is 1.26. The monoisotopic (exact) mass is 533 g/mol. The summed E-state index contributed by atoms with van der Waals surface area (Å²) in [6, 6.07) is 12.0. The third kappa shape index (κ3) is 5.16. The molecule has 0 aromatic heterocycles. The van der Waals surface area contributed by atoms with E-state index in [1.807, 2.05) is 36.1 Å². The van der Waals surface area contributed by atoms with Crippen molar-refractivity contribution in [3.63, 3.8) is 0 Å². The number of para-hydroxylation sites is 1. The van der Waals surface area contributed by atoms with Crippen LogP contribution in [0.25, 0.3) is 0 Å². The minimum Gasteiger partial charge on any atom is -0.497 e. The number of amides is 2. The second-order valence-electron chi connectivity index (χ2n) is 10.7. The van der Waals surface area contributed by atoms with Crippen LogP contribution in [0.2, 0.25) is 0 Å². The number of nitrogens with zero attached hydrogens (tertiary/aromatic N) is 2. The Bertz CT molecular complexity index is 1260. The van der Waals surface area contributed by atoms with E-state index in [-0.39, 0.29) is 17.7 Å². The number of hydrogen-bond acceptors (Lipinski definition) is 6. The van der Waals surface area contributed by atoms with Crippen molar-refractivity contribution in [2.24, 2.45) is 0 Å². The molecule has 208 valence electrons. The number of fused-ring (bicyclic) bond motifs is 4. The van der Waals surface area contributed by atoms with Crippen molar-refractivity contribution >= 4 is 12.3 Å². The summed E-state index contributed by atoms with van der Waals surface area (Å²) in [5.41, 5.74) is 3.83. The second-order valence-corrected chi connectivity index (χ2v) is 10.7. The van der Waals surface area contributed by atoms with Gasteiger partial charge < -0.3 is 29.3 Å². The van der Waals surface area contributed by atoms with E-state index in [9.17, 15) is 9.59 Å². The first-order valence-electron chi connectivity index (χ1n) is 13.9. The van der Waals surface area contributed by atoms with Crippen molar-refractivity contribution < 1.29 is 23.8 Å². The number of carbonyl (C=O) groups is 2. The highest BCUT2D eigenvalue weighted by molar-refractivity contribution is 5.92. The van der Waals surface area contributed by atoms with E-state index >= 15 is 0 Å². The predicted octanol–water partition coefficient (Wildman–Crippen LogP) is 4.20. The minimum atomic E-state index is -0.784. The van der Waals surface area contributed by atoms with Crippen LogP contribution in [0, 0.1) is 0 Å². The molecule has 2 unspecified atom stereocenters. The second kappa shape index (κ2) is 11.2. The van der Waals surface area contributed by atoms with E-state index < -0.39 is 5.60 Å². The van der Waals surface area contributed by atoms with Crippen LogP contribution >= 0.6 is 0 Å². The van der Waals surface area contributed by atoms with Gasteiger partial charge in [0.2, 0.25) is 6.41 Å². The first-order chi connectivity index (χ1) is 18.9. The zero-order chi connectivity index (χ0) is 27.6. The molecule has 3 aliphatic rings. The van der Waals surface area contributed by atoms with Crippen LogP contribution in [-0.4, -0.2) is 68.1 Å². The molecule has 0 saturated heterocycles. The topological polar surface area (TPSA) is 80.3 Å². The maximum absolute atomic E-state index is 13.9. The van der Waals surface area contributed by atoms with E-state index in [1.54, 1.807) is 19.1 Å². The Morgan fingerprint density at radius 1 is 1.18 bits per heavy atom. The highest BCUT2D eigenvalue weighted by atomic mass is 16.5. The van der Waals surface area contributed by atoms with Crippen molar-refractivity contribution in [3.8, 4) is 17.2 Å². The Morgan fingerprint density at radius 2 is 2.00 bits per heavy atom. The largest absolute Gasteiger partial charge is 0.497 e. The van der Waals surface area contributed by atoms with Crippen LogP contribution in [-0.2, 0) is 16.1 Å². The molecule has 0 bridgehead atoms. The van der Waals surface area contributed by atoms with Crippen LogP contribution in [0.5, 0.6) is 17.2 Å². The van der Waals surface area contributed by atoms with Crippen molar-refractivity contribution in [2.45, 2.75) is 57.1 Å². The maximum Gasteiger partial charge on any atom is 0.267 e. The van der Waals surface area contributed by atoms with Gasteiger partial charge in [0.05, 0.1) is 14.2 Å². The quantitative estimate of drug-likeness (QED) is 0.412. The highest BCUT2D eigenvalue weighted by Gasteiger charge is 2.68. The lowest BCUT2D eigenvalue weighted by molar-refractivity contribution is -0.141. The van der Waals surface area contributed by atoms with Crippen molar-refractivity contribution in [2.75, 3.05) is 40.4 Å². The number of allylic oxidation sites excluding steroid dienone is 2. The van der Waals surface area contributed by atoms with Gasteiger partial charge in [-0.2, -0.15) is 0 Å². The van der Waals surface area contributed by atoms with Gasteiger partial charge in [-0.15, -0.1) is 0 Å². The number of nitrogens with one attached hydrogen (secondary N) is 1. The van der Waals surface area contributed by atoms with Gasteiger partial charge in [-0.1, -0.05) is 31.2 Å². The average molecular weight is 534 g/mol. The third-order valence-corrected chi connectivity index (χ3v) is 8.30. The first kappa shape index (κ1) is 26.9. The smallest absolute Gasteiger partial charge is 0.267 e. The maximum atomic E-state index is 13.9. The molecule has 1 aliphatic carbocycles. The lowest BCUT2D eigenvalue weighted by atomic mass is 9.94. The fourth-order valence-electron chi connectivity index (χ4n) is 6.06. The van der Waals surface area contributed by atoms with Gasteiger partial charge in [0.25, 0.3) is 5.91 Å². The van der Waals surface area contributed by atoms with Crippen molar-refractivity contribution in [1.29, 1.82) is 0 Å². The normalized spacial score (nSPS) is 22.1. The zero-order valence-corrected chi connectivity index (χ0v) is 23.4. The summed E-state index contributed by atoms with van der Waals surface area (Å²) in [4.78, 5) is 28.9. The molecule has 1 fully saturated rings. The summed E-state index contributed by atoms with van der Waals surface area (Å²) in [6.07, 6.45) is 5.44. The molecule has 2 aliphatic heterocycles. The third-order valence-electron chi connectivity index (χ3n) is 8.30. The number of likely N-dealkylation sites (N-methyl/N-ethyl adjacent to an activating group) is 1. The number of hydrogen-bond donors (Lipinski definition) is 1. The first-order valence-corrected chi connectivity index (χ1v) is 13.9. The van der Waals surface area contributed by atoms with Gasteiger partial charge in [-0.25, -0.2) is 0 Å². The number of benzene rings is 2. The van der Waals surface area contributed by atoms with Crippen LogP contribution in [0.4, 0.5) is 0 Å². The van der Waals surface area contributed by atoms with Gasteiger partial charge >= 0.3 is 0 Å². The van der Waals surface area contributed by atoms with Crippen LogP contribution in [0.3, 0.4) is 0 Å². The number of ether oxygens (including phenoxy) is 3. The average Bonchev–Trinajstić information content (AvgIpc) is 3.63. The summed E-state index contributed by atoms with van der Waals surface area (Å²) >= 11 is 0. The molecule has 5 rings (SSSR count). The van der Waals surface area contributed by atoms with E-state index in [2.05, 4.69) is 30.4 Å². The summed E-state index contributed by atoms with van der Waals surface area (Å²) in [5.74, 6) is 2.76. The fraction of sp³-hybridized carbons (Fsp3) is 0.484. The van der Waals surface area contributed by atoms with Gasteiger partial charge in [0, 0.05) is 73.9 Å². The highest BCUT2D eigenvalue weighted by Crippen LogP contribution is 2.62. The van der Waals surface area contributed by atoms with Gasteiger partial charge in [-0.05, 0) is 37.5 Å². The van der Waals surface area contributed by atoms with E-state index in [0.717, 1.165) is 59.7 Å². The van der Waals surface area contributed by atoms with Crippen LogP contribution in [0.15, 0.2) is 48.2 Å². The molecule has 2 amide bonds. The van der Waals surface area contributed by atoms with Crippen molar-refractivity contribution in [3.05, 3.63) is 64.9 Å². The summed E-state index contributed by atoms with van der Waals surface area (Å²) < 4.78 is 17.4. The van der Waals surface area contributed by atoms with Crippen LogP contribution in [0.1, 0.15) is 61.6 Å². The van der Waals surface area contributed by atoms with Gasteiger partial charge in [0.1, 0.15) is 17.2 Å². The molecule has 39 heavy (non-hydrogen) atoms. The Kier molecular flexibility index (Phi) is 7.73. The molecule has 1 saturated carbocycles. The van der Waals surface area contributed by atoms with Crippen LogP contribution < -0.4 is 19.5 Å².